The Kier molecular flexibility index (Phi) is 7.78. The van der Waals surface area contributed by atoms with Gasteiger partial charge in [-0.05, 0) is 42.0 Å². The number of ether oxygens (including phenoxy) is 1. The molecule has 2 N–H and O–H groups in total. The lowest BCUT2D eigenvalue weighted by Crippen LogP contribution is -2.38. The van der Waals surface area contributed by atoms with Crippen LogP contribution in [0.3, 0.4) is 0 Å². The highest BCUT2D eigenvalue weighted by Crippen LogP contribution is 2.34. The summed E-state index contributed by atoms with van der Waals surface area (Å²) >= 11 is 8.12. The first kappa shape index (κ1) is 21.8. The van der Waals surface area contributed by atoms with Gasteiger partial charge in [0.1, 0.15) is 6.04 Å². The minimum Gasteiger partial charge on any atom is -0.465 e. The number of benzene rings is 1. The molecule has 148 valence electrons. The van der Waals surface area contributed by atoms with E-state index < -0.39 is 16.4 Å². The lowest BCUT2D eigenvalue weighted by Gasteiger charge is -2.33. The third-order valence-electron chi connectivity index (χ3n) is 3.91. The second kappa shape index (κ2) is 9.63. The molecule has 0 saturated carbocycles. The maximum Gasteiger partial charge on any atom is 0.394 e. The van der Waals surface area contributed by atoms with Crippen LogP contribution in [0.2, 0.25) is 5.02 Å². The zero-order valence-corrected chi connectivity index (χ0v) is 16.9. The highest BCUT2D eigenvalue weighted by molar-refractivity contribution is 7.79. The Morgan fingerprint density at radius 2 is 2.00 bits per heavy atom. The molecular formula is C17H20ClNO6S2. The van der Waals surface area contributed by atoms with Gasteiger partial charge in [0.25, 0.3) is 0 Å². The maximum atomic E-state index is 12.5. The highest BCUT2D eigenvalue weighted by atomic mass is 35.5. The summed E-state index contributed by atoms with van der Waals surface area (Å²) in [5.41, 5.74) is 2.12. The van der Waals surface area contributed by atoms with Gasteiger partial charge in [0, 0.05) is 23.0 Å². The van der Waals surface area contributed by atoms with Crippen LogP contribution in [0.25, 0.3) is 0 Å². The predicted octanol–water partition coefficient (Wildman–Crippen LogP) is 3.41. The zero-order chi connectivity index (χ0) is 20.0. The van der Waals surface area contributed by atoms with E-state index in [1.807, 2.05) is 31.2 Å². The molecule has 0 spiro atoms. The number of carbonyl (C=O) groups is 1. The topological polar surface area (TPSA) is 104 Å². The van der Waals surface area contributed by atoms with E-state index in [4.69, 9.17) is 33.9 Å². The van der Waals surface area contributed by atoms with Crippen LogP contribution in [0.1, 0.15) is 29.0 Å². The molecule has 0 fully saturated rings. The van der Waals surface area contributed by atoms with Crippen LogP contribution in [0.15, 0.2) is 35.7 Å². The van der Waals surface area contributed by atoms with Crippen LogP contribution in [0, 0.1) is 0 Å². The van der Waals surface area contributed by atoms with E-state index in [1.165, 1.54) is 10.4 Å². The van der Waals surface area contributed by atoms with Crippen molar-refractivity contribution in [3.8, 4) is 0 Å². The summed E-state index contributed by atoms with van der Waals surface area (Å²) in [6, 6.07) is 9.22. The summed E-state index contributed by atoms with van der Waals surface area (Å²) in [5, 5.41) is 2.72. The molecule has 0 radical (unpaired) electrons. The van der Waals surface area contributed by atoms with Gasteiger partial charge in [0.2, 0.25) is 0 Å². The van der Waals surface area contributed by atoms with Crippen LogP contribution in [-0.4, -0.2) is 41.5 Å². The minimum absolute atomic E-state index is 0.228. The van der Waals surface area contributed by atoms with Crippen molar-refractivity contribution in [2.75, 3.05) is 13.2 Å². The summed E-state index contributed by atoms with van der Waals surface area (Å²) in [6.07, 6.45) is 0.966. The molecular weight excluding hydrogens is 414 g/mol. The molecule has 0 aliphatic carbocycles. The molecule has 1 atom stereocenters. The van der Waals surface area contributed by atoms with Crippen LogP contribution < -0.4 is 0 Å². The van der Waals surface area contributed by atoms with Crippen LogP contribution in [0.5, 0.6) is 0 Å². The molecule has 0 saturated heterocycles. The van der Waals surface area contributed by atoms with Gasteiger partial charge in [-0.1, -0.05) is 29.8 Å². The molecule has 2 aromatic rings. The number of hydrogen-bond donors (Lipinski definition) is 2. The number of esters is 1. The van der Waals surface area contributed by atoms with E-state index in [1.54, 1.807) is 11.3 Å². The molecule has 0 bridgehead atoms. The number of hydrogen-bond acceptors (Lipinski definition) is 6. The second-order valence-corrected chi connectivity index (χ2v) is 8.02. The summed E-state index contributed by atoms with van der Waals surface area (Å²) < 4.78 is 36.9. The third kappa shape index (κ3) is 6.56. The molecule has 1 aliphatic heterocycles. The van der Waals surface area contributed by atoms with Crippen molar-refractivity contribution in [1.29, 1.82) is 0 Å². The smallest absolute Gasteiger partial charge is 0.394 e. The summed E-state index contributed by atoms with van der Waals surface area (Å²) in [7, 11) is -4.67. The van der Waals surface area contributed by atoms with Gasteiger partial charge >= 0.3 is 16.4 Å². The van der Waals surface area contributed by atoms with Crippen molar-refractivity contribution < 1.29 is 27.1 Å². The van der Waals surface area contributed by atoms with Crippen LogP contribution >= 0.6 is 22.9 Å². The van der Waals surface area contributed by atoms with Gasteiger partial charge in [-0.15, -0.1) is 11.3 Å². The Morgan fingerprint density at radius 1 is 1.33 bits per heavy atom. The fourth-order valence-electron chi connectivity index (χ4n) is 2.88. The summed E-state index contributed by atoms with van der Waals surface area (Å²) in [4.78, 5) is 16.1. The lowest BCUT2D eigenvalue weighted by atomic mass is 10.0. The van der Waals surface area contributed by atoms with Crippen molar-refractivity contribution in [3.63, 3.8) is 0 Å². The zero-order valence-electron chi connectivity index (χ0n) is 14.5. The number of halogens is 1. The molecule has 27 heavy (non-hydrogen) atoms. The van der Waals surface area contributed by atoms with Gasteiger partial charge in [0.15, 0.2) is 0 Å². The Hall–Kier alpha value is -1.49. The first-order chi connectivity index (χ1) is 12.7. The molecule has 1 aliphatic rings. The normalized spacial score (nSPS) is 15.3. The molecule has 2 heterocycles. The molecule has 1 aromatic carbocycles. The molecule has 10 heteroatoms. The average molecular weight is 434 g/mol. The van der Waals surface area contributed by atoms with Gasteiger partial charge in [0.05, 0.1) is 6.61 Å². The van der Waals surface area contributed by atoms with Gasteiger partial charge in [-0.2, -0.15) is 8.42 Å². The SMILES string of the molecule is CCOC(=O)C(c1ccccc1Cl)N1CCc2sccc2C1.O=S(=O)(O)O. The first-order valence-corrected chi connectivity index (χ1v) is 10.8. The van der Waals surface area contributed by atoms with E-state index in [9.17, 15) is 4.79 Å². The predicted molar refractivity (Wildman–Crippen MR) is 103 cm³/mol. The molecule has 0 amide bonds. The number of fused-ring (bicyclic) bond motifs is 1. The Morgan fingerprint density at radius 3 is 2.63 bits per heavy atom. The Labute approximate surface area is 167 Å². The standard InChI is InChI=1S/C17H18ClNO2S.H2O4S/c1-2-21-17(20)16(13-5-3-4-6-14(13)18)19-9-7-15-12(11-19)8-10-22-15;1-5(2,3)4/h3-6,8,10,16H,2,7,9,11H2,1H3;(H2,1,2,3,4). The number of rotatable bonds is 4. The van der Waals surface area contributed by atoms with Gasteiger partial charge in [-0.3, -0.25) is 14.0 Å². The fraction of sp³-hybridized carbons (Fsp3) is 0.353. The molecule has 1 unspecified atom stereocenters. The fourth-order valence-corrected chi connectivity index (χ4v) is 4.01. The summed E-state index contributed by atoms with van der Waals surface area (Å²) in [5.74, 6) is -0.228. The lowest BCUT2D eigenvalue weighted by molar-refractivity contribution is -0.150. The van der Waals surface area contributed by atoms with Gasteiger partial charge in [-0.25, -0.2) is 4.79 Å². The van der Waals surface area contributed by atoms with Crippen molar-refractivity contribution >= 4 is 39.3 Å². The number of carbonyl (C=O) groups excluding carboxylic acids is 1. The second-order valence-electron chi connectivity index (χ2n) is 5.71. The highest BCUT2D eigenvalue weighted by Gasteiger charge is 2.33. The van der Waals surface area contributed by atoms with Crippen LogP contribution in [0.4, 0.5) is 0 Å². The monoisotopic (exact) mass is 433 g/mol. The maximum absolute atomic E-state index is 12.5. The quantitative estimate of drug-likeness (QED) is 0.562. The average Bonchev–Trinajstić information content (AvgIpc) is 3.03. The molecule has 1 aromatic heterocycles. The van der Waals surface area contributed by atoms with Crippen molar-refractivity contribution in [2.45, 2.75) is 25.9 Å². The van der Waals surface area contributed by atoms with Crippen molar-refractivity contribution in [3.05, 3.63) is 56.7 Å². The number of thiophene rings is 1. The molecule has 7 nitrogen and oxygen atoms in total. The Bertz CT molecular complexity index is 875. The summed E-state index contributed by atoms with van der Waals surface area (Å²) in [6.45, 7) is 3.79. The minimum atomic E-state index is -4.67. The first-order valence-electron chi connectivity index (χ1n) is 8.11. The van der Waals surface area contributed by atoms with E-state index in [-0.39, 0.29) is 5.97 Å². The van der Waals surface area contributed by atoms with E-state index >= 15 is 0 Å². The number of nitrogens with zero attached hydrogens (tertiary/aromatic N) is 1. The van der Waals surface area contributed by atoms with Crippen LogP contribution in [-0.2, 0) is 32.9 Å². The van der Waals surface area contributed by atoms with E-state index in [0.29, 0.717) is 11.6 Å². The molecule has 3 rings (SSSR count). The van der Waals surface area contributed by atoms with E-state index in [2.05, 4.69) is 16.3 Å². The van der Waals surface area contributed by atoms with Gasteiger partial charge < -0.3 is 4.74 Å². The van der Waals surface area contributed by atoms with Crippen molar-refractivity contribution in [2.24, 2.45) is 0 Å². The Balaban J connectivity index is 0.000000465. The third-order valence-corrected chi connectivity index (χ3v) is 5.28. The van der Waals surface area contributed by atoms with Crippen molar-refractivity contribution in [1.82, 2.24) is 4.90 Å². The van der Waals surface area contributed by atoms with E-state index in [0.717, 1.165) is 25.1 Å². The largest absolute Gasteiger partial charge is 0.465 e.